The number of nitrogens with two attached hydrogens (primary N) is 1. The maximum absolute atomic E-state index is 11.8. The highest BCUT2D eigenvalue weighted by atomic mass is 19.4. The molecule has 1 aromatic carbocycles. The number of nitrogens with one attached hydrogen (secondary N) is 1. The van der Waals surface area contributed by atoms with Crippen molar-refractivity contribution in [1.82, 2.24) is 0 Å². The molecule has 5 heteroatoms. The Morgan fingerprint density at radius 3 is 2.14 bits per heavy atom. The number of hydrogen-bond donors (Lipinski definition) is 2. The summed E-state index contributed by atoms with van der Waals surface area (Å²) in [7, 11) is 0. The largest absolute Gasteiger partial charge is 0.405 e. The van der Waals surface area contributed by atoms with Crippen LogP contribution in [0.5, 0.6) is 0 Å². The van der Waals surface area contributed by atoms with Crippen molar-refractivity contribution in [3.8, 4) is 0 Å². The van der Waals surface area contributed by atoms with Crippen molar-refractivity contribution in [2.24, 2.45) is 5.73 Å². The lowest BCUT2D eigenvalue weighted by molar-refractivity contribution is -0.115. The Morgan fingerprint density at radius 1 is 1.14 bits per heavy atom. The maximum Gasteiger partial charge on any atom is 0.405 e. The molecule has 14 heavy (non-hydrogen) atoms. The minimum absolute atomic E-state index is 0.388. The summed E-state index contributed by atoms with van der Waals surface area (Å²) in [6.45, 7) is -0.630. The average molecular weight is 204 g/mol. The number of rotatable bonds is 3. The summed E-state index contributed by atoms with van der Waals surface area (Å²) in [5, 5.41) is 2.27. The minimum Gasteiger partial charge on any atom is -0.376 e. The lowest BCUT2D eigenvalue weighted by atomic mass is 10.2. The van der Waals surface area contributed by atoms with Gasteiger partial charge in [0.2, 0.25) is 0 Å². The highest BCUT2D eigenvalue weighted by Gasteiger charge is 2.26. The molecule has 0 radical (unpaired) electrons. The van der Waals surface area contributed by atoms with Gasteiger partial charge in [-0.2, -0.15) is 13.2 Å². The maximum atomic E-state index is 11.8. The Kier molecular flexibility index (Phi) is 3.35. The van der Waals surface area contributed by atoms with Gasteiger partial charge in [-0.05, 0) is 17.7 Å². The quantitative estimate of drug-likeness (QED) is 0.791. The Bertz CT molecular complexity index is 279. The third-order valence-corrected chi connectivity index (χ3v) is 1.68. The fraction of sp³-hybridized carbons (Fsp3) is 0.333. The highest BCUT2D eigenvalue weighted by molar-refractivity contribution is 5.44. The van der Waals surface area contributed by atoms with Gasteiger partial charge in [0.15, 0.2) is 0 Å². The van der Waals surface area contributed by atoms with Crippen LogP contribution in [0.2, 0.25) is 0 Å². The van der Waals surface area contributed by atoms with Crippen LogP contribution in [-0.2, 0) is 6.54 Å². The van der Waals surface area contributed by atoms with Gasteiger partial charge in [0.25, 0.3) is 0 Å². The lowest BCUT2D eigenvalue weighted by Gasteiger charge is -2.09. The molecule has 0 saturated heterocycles. The topological polar surface area (TPSA) is 38.0 Å². The van der Waals surface area contributed by atoms with Gasteiger partial charge in [0, 0.05) is 12.2 Å². The second kappa shape index (κ2) is 4.32. The Morgan fingerprint density at radius 2 is 1.71 bits per heavy atom. The second-order valence-corrected chi connectivity index (χ2v) is 2.87. The Hall–Kier alpha value is -1.23. The van der Waals surface area contributed by atoms with Gasteiger partial charge in [-0.15, -0.1) is 0 Å². The summed E-state index contributed by atoms with van der Waals surface area (Å²) < 4.78 is 35.4. The van der Waals surface area contributed by atoms with Crippen molar-refractivity contribution >= 4 is 5.69 Å². The van der Waals surface area contributed by atoms with Gasteiger partial charge >= 0.3 is 6.18 Å². The van der Waals surface area contributed by atoms with Crippen molar-refractivity contribution in [3.05, 3.63) is 29.8 Å². The van der Waals surface area contributed by atoms with E-state index in [2.05, 4.69) is 5.32 Å². The number of benzene rings is 1. The molecule has 0 heterocycles. The third kappa shape index (κ3) is 3.66. The van der Waals surface area contributed by atoms with E-state index in [-0.39, 0.29) is 0 Å². The van der Waals surface area contributed by atoms with Crippen LogP contribution in [0.4, 0.5) is 18.9 Å². The molecule has 1 rings (SSSR count). The highest BCUT2D eigenvalue weighted by Crippen LogP contribution is 2.16. The molecule has 0 amide bonds. The van der Waals surface area contributed by atoms with E-state index in [0.717, 1.165) is 5.56 Å². The molecule has 0 aliphatic heterocycles. The molecule has 0 unspecified atom stereocenters. The smallest absolute Gasteiger partial charge is 0.376 e. The molecule has 0 fully saturated rings. The van der Waals surface area contributed by atoms with Crippen molar-refractivity contribution in [3.63, 3.8) is 0 Å². The van der Waals surface area contributed by atoms with Crippen LogP contribution >= 0.6 is 0 Å². The minimum atomic E-state index is -4.19. The zero-order valence-electron chi connectivity index (χ0n) is 7.43. The van der Waals surface area contributed by atoms with Gasteiger partial charge in [-0.1, -0.05) is 12.1 Å². The normalized spacial score (nSPS) is 11.4. The molecule has 0 aromatic heterocycles. The molecule has 0 aliphatic rings. The second-order valence-electron chi connectivity index (χ2n) is 2.87. The Balaban J connectivity index is 2.52. The van der Waals surface area contributed by atoms with E-state index in [1.807, 2.05) is 0 Å². The van der Waals surface area contributed by atoms with Crippen molar-refractivity contribution < 1.29 is 13.2 Å². The summed E-state index contributed by atoms with van der Waals surface area (Å²) in [4.78, 5) is 0. The molecule has 78 valence electrons. The van der Waals surface area contributed by atoms with E-state index in [1.54, 1.807) is 24.3 Å². The number of halogens is 3. The fourth-order valence-corrected chi connectivity index (χ4v) is 0.961. The number of hydrogen-bond acceptors (Lipinski definition) is 2. The lowest BCUT2D eigenvalue weighted by Crippen LogP contribution is -2.21. The first-order chi connectivity index (χ1) is 6.51. The predicted octanol–water partition coefficient (Wildman–Crippen LogP) is 2.12. The van der Waals surface area contributed by atoms with E-state index in [4.69, 9.17) is 5.73 Å². The average Bonchev–Trinajstić information content (AvgIpc) is 2.14. The van der Waals surface area contributed by atoms with Crippen LogP contribution in [0.1, 0.15) is 5.56 Å². The first kappa shape index (κ1) is 10.8. The van der Waals surface area contributed by atoms with Gasteiger partial charge in [-0.3, -0.25) is 0 Å². The number of alkyl halides is 3. The molecule has 0 aliphatic carbocycles. The van der Waals surface area contributed by atoms with Gasteiger partial charge in [0.1, 0.15) is 6.54 Å². The van der Waals surface area contributed by atoms with E-state index in [0.29, 0.717) is 12.2 Å². The van der Waals surface area contributed by atoms with E-state index < -0.39 is 12.7 Å². The molecule has 1 aromatic rings. The van der Waals surface area contributed by atoms with Crippen molar-refractivity contribution in [1.29, 1.82) is 0 Å². The van der Waals surface area contributed by atoms with E-state index in [9.17, 15) is 13.2 Å². The summed E-state index contributed by atoms with van der Waals surface area (Å²) in [6.07, 6.45) is -4.19. The van der Waals surface area contributed by atoms with Crippen LogP contribution in [0.25, 0.3) is 0 Å². The van der Waals surface area contributed by atoms with E-state index >= 15 is 0 Å². The summed E-state index contributed by atoms with van der Waals surface area (Å²) in [5.74, 6) is 0. The molecule has 3 N–H and O–H groups in total. The monoisotopic (exact) mass is 204 g/mol. The van der Waals surface area contributed by atoms with Crippen LogP contribution in [-0.4, -0.2) is 12.7 Å². The van der Waals surface area contributed by atoms with Crippen molar-refractivity contribution in [2.45, 2.75) is 12.7 Å². The first-order valence-corrected chi connectivity index (χ1v) is 4.11. The molecular formula is C9H11F3N2. The first-order valence-electron chi connectivity index (χ1n) is 4.11. The van der Waals surface area contributed by atoms with Gasteiger partial charge in [0.05, 0.1) is 0 Å². The Labute approximate surface area is 79.9 Å². The van der Waals surface area contributed by atoms with Crippen LogP contribution < -0.4 is 11.1 Å². The molecule has 0 saturated carbocycles. The summed E-state index contributed by atoms with van der Waals surface area (Å²) in [5.41, 5.74) is 6.68. The van der Waals surface area contributed by atoms with Gasteiger partial charge in [-0.25, -0.2) is 0 Å². The predicted molar refractivity (Wildman–Crippen MR) is 48.9 cm³/mol. The van der Waals surface area contributed by atoms with E-state index in [1.165, 1.54) is 0 Å². The number of anilines is 1. The standard InChI is InChI=1S/C9H11F3N2/c10-9(11,12)6-14-8-3-1-7(5-13)2-4-8/h1-4,14H,5-6,13H2. The third-order valence-electron chi connectivity index (χ3n) is 1.68. The van der Waals surface area contributed by atoms with Crippen LogP contribution in [0.15, 0.2) is 24.3 Å². The molecule has 2 nitrogen and oxygen atoms in total. The molecule has 0 bridgehead atoms. The fourth-order valence-electron chi connectivity index (χ4n) is 0.961. The van der Waals surface area contributed by atoms with Crippen LogP contribution in [0, 0.1) is 0 Å². The summed E-state index contributed by atoms with van der Waals surface area (Å²) in [6, 6.07) is 6.54. The van der Waals surface area contributed by atoms with Gasteiger partial charge < -0.3 is 11.1 Å². The summed E-state index contributed by atoms with van der Waals surface area (Å²) >= 11 is 0. The van der Waals surface area contributed by atoms with Crippen molar-refractivity contribution in [2.75, 3.05) is 11.9 Å². The zero-order chi connectivity index (χ0) is 10.6. The SMILES string of the molecule is NCc1ccc(NCC(F)(F)F)cc1. The molecule has 0 atom stereocenters. The zero-order valence-corrected chi connectivity index (χ0v) is 7.43. The molecule has 0 spiro atoms. The molecular weight excluding hydrogens is 193 g/mol. The van der Waals surface area contributed by atoms with Crippen LogP contribution in [0.3, 0.4) is 0 Å².